The molecular formula is C26H28N4O5. The van der Waals surface area contributed by atoms with Crippen molar-refractivity contribution in [3.63, 3.8) is 0 Å². The number of aryl methyl sites for hydroxylation is 1. The predicted octanol–water partition coefficient (Wildman–Crippen LogP) is 3.57. The maximum atomic E-state index is 13.4. The first-order chi connectivity index (χ1) is 16.7. The van der Waals surface area contributed by atoms with E-state index in [-0.39, 0.29) is 28.9 Å². The van der Waals surface area contributed by atoms with Gasteiger partial charge in [-0.05, 0) is 56.9 Å². The molecule has 1 aliphatic heterocycles. The van der Waals surface area contributed by atoms with Crippen LogP contribution in [0.15, 0.2) is 47.4 Å². The summed E-state index contributed by atoms with van der Waals surface area (Å²) >= 11 is 0. The highest BCUT2D eigenvalue weighted by molar-refractivity contribution is 5.97. The molecule has 0 radical (unpaired) electrons. The molecule has 2 aromatic heterocycles. The Hall–Kier alpha value is -4.01. The zero-order chi connectivity index (χ0) is 25.1. The van der Waals surface area contributed by atoms with Crippen molar-refractivity contribution in [2.24, 2.45) is 0 Å². The minimum Gasteiger partial charge on any atom is -0.478 e. The van der Waals surface area contributed by atoms with Crippen LogP contribution in [0.3, 0.4) is 0 Å². The van der Waals surface area contributed by atoms with Crippen LogP contribution in [-0.2, 0) is 6.42 Å². The van der Waals surface area contributed by atoms with Crippen LogP contribution in [0.2, 0.25) is 0 Å². The average Bonchev–Trinajstić information content (AvgIpc) is 3.26. The second-order valence-electron chi connectivity index (χ2n) is 9.01. The van der Waals surface area contributed by atoms with E-state index in [1.54, 1.807) is 34.0 Å². The number of rotatable bonds is 4. The van der Waals surface area contributed by atoms with Gasteiger partial charge in [-0.3, -0.25) is 19.1 Å². The van der Waals surface area contributed by atoms with Crippen molar-refractivity contribution >= 4 is 17.7 Å². The molecule has 0 spiro atoms. The standard InChI is InChI=1S/C26H28N4O5/c1-16(2)30-24-19(15-27-30)8-4-10-29(11-5-9-22(24)31)25(33)20-13-21(28-23(32)14-20)17-6-3-7-18(12-17)26(34)35/h3,6-7,12-16H,4-5,8-11H2,1-2H3,(H,28,32)(H,34,35). The minimum absolute atomic E-state index is 0.0252. The highest BCUT2D eigenvalue weighted by Crippen LogP contribution is 2.22. The third kappa shape index (κ3) is 5.24. The van der Waals surface area contributed by atoms with Crippen LogP contribution in [0.4, 0.5) is 0 Å². The Balaban J connectivity index is 1.58. The van der Waals surface area contributed by atoms with Crippen LogP contribution in [0, 0.1) is 0 Å². The summed E-state index contributed by atoms with van der Waals surface area (Å²) in [4.78, 5) is 54.3. The molecule has 182 valence electrons. The fourth-order valence-corrected chi connectivity index (χ4v) is 4.43. The first kappa shape index (κ1) is 24.1. The summed E-state index contributed by atoms with van der Waals surface area (Å²) in [7, 11) is 0. The molecule has 0 unspecified atom stereocenters. The van der Waals surface area contributed by atoms with Gasteiger partial charge in [0.25, 0.3) is 5.91 Å². The topological polar surface area (TPSA) is 125 Å². The number of benzene rings is 1. The lowest BCUT2D eigenvalue weighted by Crippen LogP contribution is -2.34. The Kier molecular flexibility index (Phi) is 6.95. The van der Waals surface area contributed by atoms with Gasteiger partial charge in [0.2, 0.25) is 5.56 Å². The number of carboxylic acid groups (broad SMARTS) is 1. The van der Waals surface area contributed by atoms with Gasteiger partial charge in [-0.25, -0.2) is 4.79 Å². The lowest BCUT2D eigenvalue weighted by atomic mass is 10.0. The maximum absolute atomic E-state index is 13.4. The number of aromatic carboxylic acids is 1. The molecule has 1 amide bonds. The Morgan fingerprint density at radius 2 is 1.77 bits per heavy atom. The van der Waals surface area contributed by atoms with Crippen LogP contribution in [0.1, 0.15) is 75.9 Å². The van der Waals surface area contributed by atoms with Gasteiger partial charge in [0, 0.05) is 48.4 Å². The Labute approximate surface area is 202 Å². The van der Waals surface area contributed by atoms with E-state index in [1.165, 1.54) is 18.2 Å². The molecular weight excluding hydrogens is 448 g/mol. The molecule has 0 fully saturated rings. The molecule has 0 aliphatic carbocycles. The quantitative estimate of drug-likeness (QED) is 0.593. The zero-order valence-electron chi connectivity index (χ0n) is 19.8. The van der Waals surface area contributed by atoms with Gasteiger partial charge in [0.15, 0.2) is 5.78 Å². The summed E-state index contributed by atoms with van der Waals surface area (Å²) in [5.74, 6) is -1.35. The number of fused-ring (bicyclic) bond motifs is 1. The second-order valence-corrected chi connectivity index (χ2v) is 9.01. The zero-order valence-corrected chi connectivity index (χ0v) is 19.8. The largest absolute Gasteiger partial charge is 0.478 e. The molecule has 3 heterocycles. The molecule has 1 aliphatic rings. The van der Waals surface area contributed by atoms with Gasteiger partial charge in [0.05, 0.1) is 11.8 Å². The number of carbonyl (C=O) groups is 3. The summed E-state index contributed by atoms with van der Waals surface area (Å²) in [6, 6.07) is 9.08. The summed E-state index contributed by atoms with van der Waals surface area (Å²) in [5, 5.41) is 13.7. The van der Waals surface area contributed by atoms with E-state index in [0.29, 0.717) is 55.7 Å². The van der Waals surface area contributed by atoms with E-state index in [9.17, 15) is 24.3 Å². The number of aromatic nitrogens is 3. The molecule has 0 bridgehead atoms. The van der Waals surface area contributed by atoms with Crippen molar-refractivity contribution < 1.29 is 19.5 Å². The number of carboxylic acids is 1. The number of H-pyrrole nitrogens is 1. The number of hydrogen-bond donors (Lipinski definition) is 2. The molecule has 1 aromatic carbocycles. The molecule has 0 saturated carbocycles. The van der Waals surface area contributed by atoms with E-state index in [1.807, 2.05) is 13.8 Å². The SMILES string of the molecule is CC(C)n1ncc2c1C(=O)CCCN(C(=O)c1cc(-c3cccc(C(=O)O)c3)[nH]c(=O)c1)CCC2. The maximum Gasteiger partial charge on any atom is 0.335 e. The van der Waals surface area contributed by atoms with Gasteiger partial charge < -0.3 is 15.0 Å². The van der Waals surface area contributed by atoms with Crippen molar-refractivity contribution in [1.82, 2.24) is 19.7 Å². The molecule has 0 saturated heterocycles. The number of Topliss-reactive ketones (excluding diaryl/α,β-unsaturated/α-hetero) is 1. The van der Waals surface area contributed by atoms with Crippen LogP contribution in [0.5, 0.6) is 0 Å². The molecule has 35 heavy (non-hydrogen) atoms. The Morgan fingerprint density at radius 1 is 1.03 bits per heavy atom. The van der Waals surface area contributed by atoms with E-state index in [2.05, 4.69) is 10.1 Å². The first-order valence-electron chi connectivity index (χ1n) is 11.7. The molecule has 4 rings (SSSR count). The lowest BCUT2D eigenvalue weighted by molar-refractivity contribution is 0.0695. The third-order valence-electron chi connectivity index (χ3n) is 6.13. The number of ketones is 1. The van der Waals surface area contributed by atoms with Crippen molar-refractivity contribution in [1.29, 1.82) is 0 Å². The highest BCUT2D eigenvalue weighted by Gasteiger charge is 2.24. The third-order valence-corrected chi connectivity index (χ3v) is 6.13. The first-order valence-corrected chi connectivity index (χ1v) is 11.7. The van der Waals surface area contributed by atoms with Gasteiger partial charge in [0.1, 0.15) is 5.69 Å². The Bertz CT molecular complexity index is 1340. The van der Waals surface area contributed by atoms with Gasteiger partial charge in [-0.15, -0.1) is 0 Å². The van der Waals surface area contributed by atoms with Gasteiger partial charge in [-0.2, -0.15) is 5.10 Å². The monoisotopic (exact) mass is 476 g/mol. The summed E-state index contributed by atoms with van der Waals surface area (Å²) < 4.78 is 1.78. The highest BCUT2D eigenvalue weighted by atomic mass is 16.4. The van der Waals surface area contributed by atoms with E-state index >= 15 is 0 Å². The Morgan fingerprint density at radius 3 is 2.49 bits per heavy atom. The van der Waals surface area contributed by atoms with E-state index in [0.717, 1.165) is 5.56 Å². The second kappa shape index (κ2) is 10.1. The molecule has 9 nitrogen and oxygen atoms in total. The van der Waals surface area contributed by atoms with Crippen molar-refractivity contribution in [3.05, 3.63) is 75.3 Å². The molecule has 2 N–H and O–H groups in total. The number of hydrogen-bond acceptors (Lipinski definition) is 5. The molecule has 3 aromatic rings. The number of amides is 1. The van der Waals surface area contributed by atoms with E-state index in [4.69, 9.17) is 0 Å². The van der Waals surface area contributed by atoms with Crippen LogP contribution >= 0.6 is 0 Å². The van der Waals surface area contributed by atoms with Gasteiger partial charge >= 0.3 is 5.97 Å². The molecule has 0 atom stereocenters. The smallest absolute Gasteiger partial charge is 0.335 e. The van der Waals surface area contributed by atoms with Gasteiger partial charge in [-0.1, -0.05) is 12.1 Å². The number of pyridine rings is 1. The fourth-order valence-electron chi connectivity index (χ4n) is 4.43. The van der Waals surface area contributed by atoms with Crippen molar-refractivity contribution in [3.8, 4) is 11.3 Å². The lowest BCUT2D eigenvalue weighted by Gasteiger charge is -2.24. The van der Waals surface area contributed by atoms with Crippen LogP contribution in [-0.4, -0.2) is 55.5 Å². The average molecular weight is 477 g/mol. The predicted molar refractivity (Wildman–Crippen MR) is 130 cm³/mol. The van der Waals surface area contributed by atoms with Crippen molar-refractivity contribution in [2.45, 2.75) is 45.6 Å². The number of nitrogens with zero attached hydrogens (tertiary/aromatic N) is 3. The van der Waals surface area contributed by atoms with Crippen LogP contribution < -0.4 is 5.56 Å². The summed E-state index contributed by atoms with van der Waals surface area (Å²) in [5.41, 5.74) is 2.29. The fraction of sp³-hybridized carbons (Fsp3) is 0.346. The summed E-state index contributed by atoms with van der Waals surface area (Å²) in [6.45, 7) is 4.86. The minimum atomic E-state index is -1.08. The number of nitrogens with one attached hydrogen (secondary N) is 1. The van der Waals surface area contributed by atoms with Crippen molar-refractivity contribution in [2.75, 3.05) is 13.1 Å². The number of carbonyl (C=O) groups excluding carboxylic acids is 2. The summed E-state index contributed by atoms with van der Waals surface area (Å²) in [6.07, 6.45) is 3.84. The number of aromatic amines is 1. The van der Waals surface area contributed by atoms with E-state index < -0.39 is 11.5 Å². The normalized spacial score (nSPS) is 14.6. The molecule has 9 heteroatoms. The van der Waals surface area contributed by atoms with Crippen LogP contribution in [0.25, 0.3) is 11.3 Å².